The third-order valence-corrected chi connectivity index (χ3v) is 1.76. The second kappa shape index (κ2) is 6.39. The molecule has 0 bridgehead atoms. The Labute approximate surface area is 83.8 Å². The zero-order chi connectivity index (χ0) is 10.2. The highest BCUT2D eigenvalue weighted by Gasteiger charge is 1.94. The van der Waals surface area contributed by atoms with Crippen LogP contribution in [0.25, 0.3) is 0 Å². The molecule has 0 aliphatic rings. The number of hydrogen-bond donors (Lipinski definition) is 1. The monoisotopic (exact) mass is 199 g/mol. The molecule has 0 saturated carbocycles. The van der Waals surface area contributed by atoms with Crippen LogP contribution < -0.4 is 5.73 Å². The Balaban J connectivity index is 1.99. The van der Waals surface area contributed by atoms with Crippen LogP contribution >= 0.6 is 0 Å². The first-order valence-corrected chi connectivity index (χ1v) is 4.67. The van der Waals surface area contributed by atoms with E-state index in [1.54, 1.807) is 24.2 Å². The Morgan fingerprint density at radius 3 is 2.93 bits per heavy atom. The smallest absolute Gasteiger partial charge is 0.0719 e. The average Bonchev–Trinajstić information content (AvgIpc) is 2.58. The fourth-order valence-corrected chi connectivity index (χ4v) is 1.07. The summed E-state index contributed by atoms with van der Waals surface area (Å²) in [7, 11) is 1.69. The predicted octanol–water partition coefficient (Wildman–Crippen LogP) is 0.518. The summed E-state index contributed by atoms with van der Waals surface area (Å²) >= 11 is 0. The average molecular weight is 199 g/mol. The topological polar surface area (TPSA) is 62.3 Å². The van der Waals surface area contributed by atoms with Crippen LogP contribution in [0, 0.1) is 0 Å². The molecule has 0 fully saturated rings. The van der Waals surface area contributed by atoms with E-state index in [1.807, 2.05) is 0 Å². The molecule has 0 radical (unpaired) electrons. The number of ether oxygens (including phenoxy) is 2. The highest BCUT2D eigenvalue weighted by atomic mass is 16.5. The molecule has 5 nitrogen and oxygen atoms in total. The van der Waals surface area contributed by atoms with Gasteiger partial charge in [0.15, 0.2) is 0 Å². The van der Waals surface area contributed by atoms with Crippen LogP contribution in [0.4, 0.5) is 5.69 Å². The van der Waals surface area contributed by atoms with Gasteiger partial charge in [0.1, 0.15) is 0 Å². The summed E-state index contributed by atoms with van der Waals surface area (Å²) in [5.74, 6) is 0. The highest BCUT2D eigenvalue weighted by Crippen LogP contribution is 1.97. The fourth-order valence-electron chi connectivity index (χ4n) is 1.07. The van der Waals surface area contributed by atoms with Crippen molar-refractivity contribution in [2.24, 2.45) is 0 Å². The second-order valence-electron chi connectivity index (χ2n) is 3.00. The summed E-state index contributed by atoms with van der Waals surface area (Å²) in [6, 6.07) is 0. The molecule has 0 spiro atoms. The number of aromatic nitrogens is 2. The molecule has 0 unspecified atom stereocenters. The van der Waals surface area contributed by atoms with E-state index >= 15 is 0 Å². The number of nitrogens with two attached hydrogens (primary N) is 1. The molecule has 0 atom stereocenters. The molecular formula is C9H17N3O2. The van der Waals surface area contributed by atoms with Crippen molar-refractivity contribution in [3.05, 3.63) is 12.4 Å². The Morgan fingerprint density at radius 2 is 2.29 bits per heavy atom. The van der Waals surface area contributed by atoms with Crippen molar-refractivity contribution in [2.45, 2.75) is 13.0 Å². The van der Waals surface area contributed by atoms with E-state index in [2.05, 4.69) is 5.10 Å². The summed E-state index contributed by atoms with van der Waals surface area (Å²) in [4.78, 5) is 0. The van der Waals surface area contributed by atoms with Crippen LogP contribution in [0.5, 0.6) is 0 Å². The van der Waals surface area contributed by atoms with E-state index in [0.717, 1.165) is 26.2 Å². The van der Waals surface area contributed by atoms with Gasteiger partial charge in [-0.1, -0.05) is 0 Å². The molecule has 2 N–H and O–H groups in total. The maximum absolute atomic E-state index is 5.51. The van der Waals surface area contributed by atoms with Gasteiger partial charge in [0.25, 0.3) is 0 Å². The molecule has 0 aromatic carbocycles. The Hall–Kier alpha value is -1.07. The lowest BCUT2D eigenvalue weighted by molar-refractivity contribution is 0.0961. The summed E-state index contributed by atoms with van der Waals surface area (Å²) in [6.45, 7) is 2.87. The minimum Gasteiger partial charge on any atom is -0.396 e. The van der Waals surface area contributed by atoms with Crippen molar-refractivity contribution in [2.75, 3.05) is 32.7 Å². The van der Waals surface area contributed by atoms with Gasteiger partial charge in [0.2, 0.25) is 0 Å². The third kappa shape index (κ3) is 4.25. The molecule has 0 amide bonds. The van der Waals surface area contributed by atoms with Crippen LogP contribution in [0.1, 0.15) is 6.42 Å². The van der Waals surface area contributed by atoms with E-state index in [1.165, 1.54) is 0 Å². The van der Waals surface area contributed by atoms with Crippen LogP contribution in [-0.2, 0) is 16.0 Å². The zero-order valence-electron chi connectivity index (χ0n) is 8.48. The standard InChI is InChI=1S/C9H17N3O2/c1-13-4-2-5-14-6-3-12-8-9(10)7-11-12/h7-8H,2-6,10H2,1H3. The van der Waals surface area contributed by atoms with Crippen molar-refractivity contribution in [1.29, 1.82) is 0 Å². The summed E-state index contributed by atoms with van der Waals surface area (Å²) in [5, 5.41) is 4.04. The SMILES string of the molecule is COCCCOCCn1cc(N)cn1. The van der Waals surface area contributed by atoms with Gasteiger partial charge >= 0.3 is 0 Å². The van der Waals surface area contributed by atoms with Gasteiger partial charge in [-0.25, -0.2) is 0 Å². The maximum atomic E-state index is 5.51. The van der Waals surface area contributed by atoms with Crippen LogP contribution in [0.15, 0.2) is 12.4 Å². The lowest BCUT2D eigenvalue weighted by Crippen LogP contribution is -2.08. The molecular weight excluding hydrogens is 182 g/mol. The van der Waals surface area contributed by atoms with E-state index < -0.39 is 0 Å². The van der Waals surface area contributed by atoms with Gasteiger partial charge in [-0.15, -0.1) is 0 Å². The number of anilines is 1. The Kier molecular flexibility index (Phi) is 5.03. The minimum absolute atomic E-state index is 0.658. The molecule has 1 aromatic rings. The van der Waals surface area contributed by atoms with Crippen molar-refractivity contribution in [3.8, 4) is 0 Å². The van der Waals surface area contributed by atoms with Gasteiger partial charge in [-0.3, -0.25) is 4.68 Å². The van der Waals surface area contributed by atoms with Crippen LogP contribution in [-0.4, -0.2) is 36.7 Å². The number of nitrogen functional groups attached to an aromatic ring is 1. The predicted molar refractivity (Wildman–Crippen MR) is 54.0 cm³/mol. The molecule has 14 heavy (non-hydrogen) atoms. The summed E-state index contributed by atoms with van der Waals surface area (Å²) < 4.78 is 12.0. The van der Waals surface area contributed by atoms with Gasteiger partial charge in [-0.2, -0.15) is 5.10 Å². The maximum Gasteiger partial charge on any atom is 0.0719 e. The molecule has 1 heterocycles. The normalized spacial score (nSPS) is 10.6. The van der Waals surface area contributed by atoms with Crippen molar-refractivity contribution in [1.82, 2.24) is 9.78 Å². The molecule has 5 heteroatoms. The molecule has 1 aromatic heterocycles. The van der Waals surface area contributed by atoms with Gasteiger partial charge in [0, 0.05) is 26.5 Å². The molecule has 0 aliphatic carbocycles. The lowest BCUT2D eigenvalue weighted by atomic mass is 10.5. The quantitative estimate of drug-likeness (QED) is 0.650. The number of nitrogens with zero attached hydrogens (tertiary/aromatic N) is 2. The Morgan fingerprint density at radius 1 is 1.43 bits per heavy atom. The number of hydrogen-bond acceptors (Lipinski definition) is 4. The number of methoxy groups -OCH3 is 1. The summed E-state index contributed by atoms with van der Waals surface area (Å²) in [6.07, 6.45) is 4.35. The first kappa shape index (κ1) is 11.0. The third-order valence-electron chi connectivity index (χ3n) is 1.76. The van der Waals surface area contributed by atoms with E-state index in [4.69, 9.17) is 15.2 Å². The van der Waals surface area contributed by atoms with Crippen LogP contribution in [0.2, 0.25) is 0 Å². The Bertz CT molecular complexity index is 250. The van der Waals surface area contributed by atoms with E-state index in [-0.39, 0.29) is 0 Å². The minimum atomic E-state index is 0.658. The molecule has 0 aliphatic heterocycles. The second-order valence-corrected chi connectivity index (χ2v) is 3.00. The van der Waals surface area contributed by atoms with Crippen molar-refractivity contribution in [3.63, 3.8) is 0 Å². The first-order valence-electron chi connectivity index (χ1n) is 4.67. The number of rotatable bonds is 7. The first-order chi connectivity index (χ1) is 6.83. The van der Waals surface area contributed by atoms with Gasteiger partial charge < -0.3 is 15.2 Å². The van der Waals surface area contributed by atoms with E-state index in [9.17, 15) is 0 Å². The van der Waals surface area contributed by atoms with Crippen molar-refractivity contribution >= 4 is 5.69 Å². The largest absolute Gasteiger partial charge is 0.396 e. The van der Waals surface area contributed by atoms with Gasteiger partial charge in [0.05, 0.1) is 25.0 Å². The molecule has 1 rings (SSSR count). The zero-order valence-corrected chi connectivity index (χ0v) is 8.48. The van der Waals surface area contributed by atoms with E-state index in [0.29, 0.717) is 12.3 Å². The summed E-state index contributed by atoms with van der Waals surface area (Å²) in [5.41, 5.74) is 6.19. The molecule has 0 saturated heterocycles. The van der Waals surface area contributed by atoms with Crippen LogP contribution in [0.3, 0.4) is 0 Å². The van der Waals surface area contributed by atoms with Gasteiger partial charge in [-0.05, 0) is 6.42 Å². The lowest BCUT2D eigenvalue weighted by Gasteiger charge is -2.03. The highest BCUT2D eigenvalue weighted by molar-refractivity contribution is 5.30. The van der Waals surface area contributed by atoms with Crippen molar-refractivity contribution < 1.29 is 9.47 Å². The molecule has 80 valence electrons. The fraction of sp³-hybridized carbons (Fsp3) is 0.667.